The lowest BCUT2D eigenvalue weighted by Crippen LogP contribution is -2.38. The third kappa shape index (κ3) is 2.58. The molecule has 2 heterocycles. The Bertz CT molecular complexity index is 723. The molecule has 0 radical (unpaired) electrons. The number of fused-ring (bicyclic) bond motifs is 2. The van der Waals surface area contributed by atoms with E-state index in [1.807, 2.05) is 48.5 Å². The first kappa shape index (κ1) is 14.0. The monoisotopic (exact) mass is 330 g/mol. The number of nitrogens with one attached hydrogen (secondary N) is 2. The van der Waals surface area contributed by atoms with Gasteiger partial charge in [-0.1, -0.05) is 24.3 Å². The van der Waals surface area contributed by atoms with Gasteiger partial charge in [-0.25, -0.2) is 0 Å². The third-order valence-corrected chi connectivity index (χ3v) is 6.49. The lowest BCUT2D eigenvalue weighted by Gasteiger charge is -2.28. The fourth-order valence-electron chi connectivity index (χ4n) is 2.51. The van der Waals surface area contributed by atoms with E-state index in [0.717, 1.165) is 21.2 Å². The van der Waals surface area contributed by atoms with Crippen LogP contribution in [0, 0.1) is 0 Å². The van der Waals surface area contributed by atoms with Crippen LogP contribution < -0.4 is 10.8 Å². The molecule has 112 valence electrons. The van der Waals surface area contributed by atoms with Gasteiger partial charge in [0.15, 0.2) is 0 Å². The van der Waals surface area contributed by atoms with Crippen molar-refractivity contribution in [1.82, 2.24) is 0 Å². The Morgan fingerprint density at radius 1 is 0.955 bits per heavy atom. The van der Waals surface area contributed by atoms with Gasteiger partial charge < -0.3 is 5.32 Å². The van der Waals surface area contributed by atoms with Gasteiger partial charge in [0, 0.05) is 9.79 Å². The van der Waals surface area contributed by atoms with Crippen LogP contribution in [0.5, 0.6) is 0 Å². The van der Waals surface area contributed by atoms with Crippen LogP contribution in [-0.4, -0.2) is 23.0 Å². The molecule has 2 aliphatic rings. The van der Waals surface area contributed by atoms with Crippen molar-refractivity contribution >= 4 is 40.8 Å². The molecule has 2 aromatic rings. The van der Waals surface area contributed by atoms with Crippen LogP contribution in [0.1, 0.15) is 0 Å². The van der Waals surface area contributed by atoms with Gasteiger partial charge in [0.05, 0.1) is 23.2 Å². The van der Waals surface area contributed by atoms with Crippen molar-refractivity contribution in [3.05, 3.63) is 48.5 Å². The first-order valence-electron chi connectivity index (χ1n) is 7.01. The zero-order valence-corrected chi connectivity index (χ0v) is 13.2. The fraction of sp³-hybridized carbons (Fsp3) is 0.188. The smallest absolute Gasteiger partial charge is 0.239 e. The second-order valence-corrected chi connectivity index (χ2v) is 7.55. The summed E-state index contributed by atoms with van der Waals surface area (Å²) in [5.41, 5.74) is 4.82. The molecule has 0 aliphatic carbocycles. The minimum absolute atomic E-state index is 0.0455. The number of para-hydroxylation sites is 2. The average molecular weight is 330 g/mol. The lowest BCUT2D eigenvalue weighted by atomic mass is 10.2. The maximum absolute atomic E-state index is 12.5. The summed E-state index contributed by atoms with van der Waals surface area (Å²) < 4.78 is 0. The number of anilines is 2. The van der Waals surface area contributed by atoms with Gasteiger partial charge in [0.25, 0.3) is 0 Å². The first-order chi connectivity index (χ1) is 10.8. The minimum Gasteiger partial charge on any atom is -0.324 e. The molecule has 2 atom stereocenters. The number of amides is 1. The Morgan fingerprint density at radius 2 is 1.64 bits per heavy atom. The average Bonchev–Trinajstić information content (AvgIpc) is 2.76. The summed E-state index contributed by atoms with van der Waals surface area (Å²) >= 11 is 3.31. The molecule has 0 aromatic heterocycles. The van der Waals surface area contributed by atoms with E-state index in [0.29, 0.717) is 6.61 Å². The van der Waals surface area contributed by atoms with E-state index in [4.69, 9.17) is 4.84 Å². The summed E-state index contributed by atoms with van der Waals surface area (Å²) in [4.78, 5) is 20.2. The molecule has 4 nitrogen and oxygen atoms in total. The van der Waals surface area contributed by atoms with E-state index < -0.39 is 0 Å². The van der Waals surface area contributed by atoms with Crippen molar-refractivity contribution in [3.8, 4) is 0 Å². The largest absolute Gasteiger partial charge is 0.324 e. The van der Waals surface area contributed by atoms with Gasteiger partial charge in [0.1, 0.15) is 5.25 Å². The van der Waals surface area contributed by atoms with Crippen LogP contribution in [-0.2, 0) is 9.63 Å². The third-order valence-electron chi connectivity index (χ3n) is 3.59. The van der Waals surface area contributed by atoms with Crippen molar-refractivity contribution in [2.24, 2.45) is 0 Å². The lowest BCUT2D eigenvalue weighted by molar-refractivity contribution is -0.116. The maximum atomic E-state index is 12.5. The summed E-state index contributed by atoms with van der Waals surface area (Å²) in [6, 6.07) is 15.9. The van der Waals surface area contributed by atoms with Gasteiger partial charge in [0.2, 0.25) is 5.91 Å². The van der Waals surface area contributed by atoms with Gasteiger partial charge in [-0.2, -0.15) is 0 Å². The van der Waals surface area contributed by atoms with Crippen molar-refractivity contribution in [2.45, 2.75) is 20.3 Å². The number of hydrogen-bond donors (Lipinski definition) is 2. The number of thioether (sulfide) groups is 2. The zero-order chi connectivity index (χ0) is 14.9. The molecule has 0 fully saturated rings. The Balaban J connectivity index is 1.61. The van der Waals surface area contributed by atoms with E-state index in [2.05, 4.69) is 10.8 Å². The Kier molecular flexibility index (Phi) is 3.73. The molecular formula is C16H14N2O2S2. The van der Waals surface area contributed by atoms with Crippen LogP contribution in [0.15, 0.2) is 58.3 Å². The Morgan fingerprint density at radius 3 is 2.45 bits per heavy atom. The van der Waals surface area contributed by atoms with Gasteiger partial charge in [-0.15, -0.1) is 23.5 Å². The first-order valence-corrected chi connectivity index (χ1v) is 8.77. The highest BCUT2D eigenvalue weighted by molar-refractivity contribution is 8.04. The predicted octanol–water partition coefficient (Wildman–Crippen LogP) is 3.62. The topological polar surface area (TPSA) is 50.4 Å². The van der Waals surface area contributed by atoms with Gasteiger partial charge in [-0.05, 0) is 24.3 Å². The minimum atomic E-state index is -0.173. The molecule has 2 aliphatic heterocycles. The van der Waals surface area contributed by atoms with E-state index in [1.54, 1.807) is 23.5 Å². The van der Waals surface area contributed by atoms with E-state index in [-0.39, 0.29) is 16.4 Å². The molecule has 2 unspecified atom stereocenters. The van der Waals surface area contributed by atoms with Crippen molar-refractivity contribution in [2.75, 3.05) is 17.4 Å². The van der Waals surface area contributed by atoms with Crippen LogP contribution >= 0.6 is 23.5 Å². The van der Waals surface area contributed by atoms with E-state index >= 15 is 0 Å². The highest BCUT2D eigenvalue weighted by atomic mass is 32.2. The molecule has 6 heteroatoms. The second-order valence-electron chi connectivity index (χ2n) is 5.09. The zero-order valence-electron chi connectivity index (χ0n) is 11.6. The molecule has 4 rings (SSSR count). The van der Waals surface area contributed by atoms with Crippen molar-refractivity contribution in [3.63, 3.8) is 0 Å². The quantitative estimate of drug-likeness (QED) is 0.836. The number of hydrogen-bond acceptors (Lipinski definition) is 5. The van der Waals surface area contributed by atoms with Crippen molar-refractivity contribution < 1.29 is 9.63 Å². The van der Waals surface area contributed by atoms with Crippen LogP contribution in [0.2, 0.25) is 0 Å². The van der Waals surface area contributed by atoms with Crippen molar-refractivity contribution in [1.29, 1.82) is 0 Å². The maximum Gasteiger partial charge on any atom is 0.239 e. The molecular weight excluding hydrogens is 316 g/mol. The Hall–Kier alpha value is -1.63. The molecule has 1 amide bonds. The SMILES string of the molecule is O=C1Nc2ccccc2SC1C1CONc2ccccc2S1. The van der Waals surface area contributed by atoms with Crippen LogP contribution in [0.25, 0.3) is 0 Å². The highest BCUT2D eigenvalue weighted by Crippen LogP contribution is 2.43. The highest BCUT2D eigenvalue weighted by Gasteiger charge is 2.36. The Labute approximate surface area is 137 Å². The molecule has 0 spiro atoms. The normalized spacial score (nSPS) is 23.5. The molecule has 0 saturated carbocycles. The molecule has 22 heavy (non-hydrogen) atoms. The molecule has 0 bridgehead atoms. The second kappa shape index (κ2) is 5.87. The fourth-order valence-corrected chi connectivity index (χ4v) is 5.02. The number of rotatable bonds is 1. The summed E-state index contributed by atoms with van der Waals surface area (Å²) in [5.74, 6) is 0.0455. The van der Waals surface area contributed by atoms with Gasteiger partial charge in [-0.3, -0.25) is 15.1 Å². The number of carbonyl (C=O) groups excluding carboxylic acids is 1. The summed E-state index contributed by atoms with van der Waals surface area (Å²) in [6.45, 7) is 0.479. The standard InChI is InChI=1S/C16H14N2O2S2/c19-16-15(22-12-7-3-1-5-10(12)17-16)14-9-20-18-11-6-2-4-8-13(11)21-14/h1-8,14-15,18H,9H2,(H,17,19). The summed E-state index contributed by atoms with van der Waals surface area (Å²) in [7, 11) is 0. The van der Waals surface area contributed by atoms with E-state index in [9.17, 15) is 4.79 Å². The van der Waals surface area contributed by atoms with Crippen LogP contribution in [0.3, 0.4) is 0 Å². The van der Waals surface area contributed by atoms with Gasteiger partial charge >= 0.3 is 0 Å². The van der Waals surface area contributed by atoms with Crippen LogP contribution in [0.4, 0.5) is 11.4 Å². The predicted molar refractivity (Wildman–Crippen MR) is 90.4 cm³/mol. The summed E-state index contributed by atoms with van der Waals surface area (Å²) in [5, 5.41) is 2.88. The van der Waals surface area contributed by atoms with E-state index in [1.165, 1.54) is 0 Å². The molecule has 0 saturated heterocycles. The number of carbonyl (C=O) groups is 1. The molecule has 2 N–H and O–H groups in total. The molecule has 2 aromatic carbocycles. The number of benzene rings is 2. The summed E-state index contributed by atoms with van der Waals surface area (Å²) in [6.07, 6.45) is 0.